The number of ether oxygens (including phenoxy) is 1. The second-order valence-electron chi connectivity index (χ2n) is 7.12. The third kappa shape index (κ3) is 4.34. The minimum atomic E-state index is -0.0638. The van der Waals surface area contributed by atoms with E-state index in [1.165, 1.54) is 11.1 Å². The van der Waals surface area contributed by atoms with E-state index >= 15 is 0 Å². The van der Waals surface area contributed by atoms with Gasteiger partial charge in [0.1, 0.15) is 12.4 Å². The van der Waals surface area contributed by atoms with Crippen molar-refractivity contribution in [1.82, 2.24) is 4.98 Å². The Morgan fingerprint density at radius 3 is 2.43 bits per heavy atom. The van der Waals surface area contributed by atoms with E-state index < -0.39 is 0 Å². The molecule has 0 saturated heterocycles. The predicted octanol–water partition coefficient (Wildman–Crippen LogP) is 6.49. The zero-order valence-corrected chi connectivity index (χ0v) is 17.9. The van der Waals surface area contributed by atoms with Crippen molar-refractivity contribution in [3.8, 4) is 16.9 Å². The number of rotatable bonds is 7. The van der Waals surface area contributed by atoms with E-state index in [2.05, 4.69) is 46.1 Å². The number of ketones is 1. The van der Waals surface area contributed by atoms with Crippen LogP contribution >= 0.6 is 11.3 Å². The second-order valence-corrected chi connectivity index (χ2v) is 7.90. The van der Waals surface area contributed by atoms with Gasteiger partial charge < -0.3 is 4.74 Å². The number of hydrogen-bond donors (Lipinski definition) is 0. The van der Waals surface area contributed by atoms with Gasteiger partial charge in [0.25, 0.3) is 0 Å². The number of hydrogen-bond acceptors (Lipinski definition) is 4. The summed E-state index contributed by atoms with van der Waals surface area (Å²) in [4.78, 5) is 17.8. The summed E-state index contributed by atoms with van der Waals surface area (Å²) in [6.07, 6.45) is 0.784. The molecule has 150 valence electrons. The molecule has 0 aliphatic carbocycles. The van der Waals surface area contributed by atoms with Gasteiger partial charge in [0, 0.05) is 17.3 Å². The summed E-state index contributed by atoms with van der Waals surface area (Å²) in [7, 11) is 0. The lowest BCUT2D eigenvalue weighted by Gasteiger charge is -2.15. The highest BCUT2D eigenvalue weighted by atomic mass is 32.1. The quantitative estimate of drug-likeness (QED) is 0.325. The summed E-state index contributed by atoms with van der Waals surface area (Å²) in [5.41, 5.74) is 6.25. The zero-order chi connectivity index (χ0) is 20.9. The van der Waals surface area contributed by atoms with Crippen molar-refractivity contribution >= 4 is 17.1 Å². The number of nitrogens with zero attached hydrogens (tertiary/aromatic N) is 1. The van der Waals surface area contributed by atoms with E-state index in [9.17, 15) is 4.79 Å². The Morgan fingerprint density at radius 2 is 1.77 bits per heavy atom. The van der Waals surface area contributed by atoms with Crippen LogP contribution in [0.15, 0.2) is 77.5 Å². The van der Waals surface area contributed by atoms with E-state index in [1.54, 1.807) is 11.3 Å². The number of aryl methyl sites for hydroxylation is 2. The first kappa shape index (κ1) is 20.0. The topological polar surface area (TPSA) is 39.2 Å². The van der Waals surface area contributed by atoms with Crippen molar-refractivity contribution in [2.75, 3.05) is 0 Å². The van der Waals surface area contributed by atoms with Crippen molar-refractivity contribution in [3.63, 3.8) is 0 Å². The van der Waals surface area contributed by atoms with Crippen LogP contribution in [0.5, 0.6) is 5.75 Å². The van der Waals surface area contributed by atoms with Gasteiger partial charge in [-0.2, -0.15) is 11.3 Å². The van der Waals surface area contributed by atoms with Gasteiger partial charge in [0.2, 0.25) is 0 Å². The van der Waals surface area contributed by atoms with Gasteiger partial charge in [-0.1, -0.05) is 61.5 Å². The maximum Gasteiger partial charge on any atom is 0.198 e. The number of carbonyl (C=O) groups is 1. The number of pyridine rings is 1. The first-order valence-corrected chi connectivity index (χ1v) is 10.9. The Bertz CT molecular complexity index is 1130. The number of carbonyl (C=O) groups excluding carboxylic acids is 1. The van der Waals surface area contributed by atoms with Crippen LogP contribution in [0.1, 0.15) is 39.8 Å². The van der Waals surface area contributed by atoms with Gasteiger partial charge in [-0.05, 0) is 46.9 Å². The summed E-state index contributed by atoms with van der Waals surface area (Å²) in [5, 5.41) is 4.22. The Labute approximate surface area is 181 Å². The van der Waals surface area contributed by atoms with Gasteiger partial charge in [0.05, 0.1) is 11.3 Å². The molecule has 30 heavy (non-hydrogen) atoms. The van der Waals surface area contributed by atoms with Gasteiger partial charge in [0.15, 0.2) is 5.78 Å². The van der Waals surface area contributed by atoms with Crippen LogP contribution in [-0.2, 0) is 13.0 Å². The molecule has 4 aromatic rings. The van der Waals surface area contributed by atoms with Crippen molar-refractivity contribution in [3.05, 3.63) is 106 Å². The molecule has 0 atom stereocenters. The highest BCUT2D eigenvalue weighted by Crippen LogP contribution is 2.27. The number of aromatic nitrogens is 1. The maximum atomic E-state index is 13.2. The first-order chi connectivity index (χ1) is 14.7. The Balaban J connectivity index is 1.60. The fraction of sp³-hybridized carbons (Fsp3) is 0.154. The predicted molar refractivity (Wildman–Crippen MR) is 122 cm³/mol. The Hall–Kier alpha value is -3.24. The van der Waals surface area contributed by atoms with Crippen molar-refractivity contribution < 1.29 is 9.53 Å². The molecule has 0 aliphatic rings. The number of thiophene rings is 1. The van der Waals surface area contributed by atoms with Crippen LogP contribution in [0.3, 0.4) is 0 Å². The van der Waals surface area contributed by atoms with Crippen LogP contribution in [0.4, 0.5) is 0 Å². The third-order valence-corrected chi connectivity index (χ3v) is 5.73. The third-order valence-electron chi connectivity index (χ3n) is 5.05. The lowest BCUT2D eigenvalue weighted by atomic mass is 10.0. The molecule has 4 heteroatoms. The lowest BCUT2D eigenvalue weighted by Crippen LogP contribution is -2.10. The highest BCUT2D eigenvalue weighted by Gasteiger charge is 2.20. The molecule has 0 radical (unpaired) electrons. The monoisotopic (exact) mass is 413 g/mol. The summed E-state index contributed by atoms with van der Waals surface area (Å²) in [5.74, 6) is 0.529. The van der Waals surface area contributed by atoms with Crippen LogP contribution < -0.4 is 4.74 Å². The van der Waals surface area contributed by atoms with Crippen molar-refractivity contribution in [2.45, 2.75) is 26.9 Å². The summed E-state index contributed by atoms with van der Waals surface area (Å²) < 4.78 is 6.16. The SMILES string of the molecule is CCc1cc(OCc2ccc(-c3ccsc3)cc2)c(C(=O)c2ccccc2)c(C)n1. The molecule has 0 saturated carbocycles. The molecule has 0 amide bonds. The summed E-state index contributed by atoms with van der Waals surface area (Å²) in [6.45, 7) is 4.32. The van der Waals surface area contributed by atoms with Crippen LogP contribution in [0, 0.1) is 6.92 Å². The van der Waals surface area contributed by atoms with Gasteiger partial charge in [-0.3, -0.25) is 9.78 Å². The smallest absolute Gasteiger partial charge is 0.198 e. The second kappa shape index (κ2) is 9.06. The average Bonchev–Trinajstić information content (AvgIpc) is 3.33. The molecule has 3 nitrogen and oxygen atoms in total. The zero-order valence-electron chi connectivity index (χ0n) is 17.1. The molecule has 2 aromatic heterocycles. The summed E-state index contributed by atoms with van der Waals surface area (Å²) >= 11 is 1.69. The maximum absolute atomic E-state index is 13.2. The van der Waals surface area contributed by atoms with Crippen molar-refractivity contribution in [1.29, 1.82) is 0 Å². The van der Waals surface area contributed by atoms with Crippen LogP contribution in [-0.4, -0.2) is 10.8 Å². The minimum absolute atomic E-state index is 0.0638. The Kier molecular flexibility index (Phi) is 6.05. The Morgan fingerprint density at radius 1 is 1.00 bits per heavy atom. The average molecular weight is 414 g/mol. The van der Waals surface area contributed by atoms with E-state index in [0.29, 0.717) is 29.2 Å². The molecular formula is C26H23NO2S. The van der Waals surface area contributed by atoms with Crippen LogP contribution in [0.25, 0.3) is 11.1 Å². The van der Waals surface area contributed by atoms with Gasteiger partial charge in [-0.15, -0.1) is 0 Å². The lowest BCUT2D eigenvalue weighted by molar-refractivity contribution is 0.103. The molecule has 2 heterocycles. The number of benzene rings is 2. The first-order valence-electron chi connectivity index (χ1n) is 10.00. The molecular weight excluding hydrogens is 390 g/mol. The minimum Gasteiger partial charge on any atom is -0.488 e. The van der Waals surface area contributed by atoms with E-state index in [1.807, 2.05) is 50.2 Å². The van der Waals surface area contributed by atoms with E-state index in [0.717, 1.165) is 17.7 Å². The fourth-order valence-electron chi connectivity index (χ4n) is 3.39. The van der Waals surface area contributed by atoms with Gasteiger partial charge in [-0.25, -0.2) is 0 Å². The molecule has 0 unspecified atom stereocenters. The molecule has 0 N–H and O–H groups in total. The van der Waals surface area contributed by atoms with Crippen molar-refractivity contribution in [2.24, 2.45) is 0 Å². The molecule has 0 bridgehead atoms. The fourth-order valence-corrected chi connectivity index (χ4v) is 4.06. The molecule has 0 spiro atoms. The molecule has 2 aromatic carbocycles. The summed E-state index contributed by atoms with van der Waals surface area (Å²) in [6, 6.07) is 21.6. The van der Waals surface area contributed by atoms with Crippen LogP contribution in [0.2, 0.25) is 0 Å². The molecule has 0 fully saturated rings. The van der Waals surface area contributed by atoms with Gasteiger partial charge >= 0.3 is 0 Å². The normalized spacial score (nSPS) is 10.7. The largest absolute Gasteiger partial charge is 0.488 e. The molecule has 0 aliphatic heterocycles. The molecule has 4 rings (SSSR count). The van der Waals surface area contributed by atoms with E-state index in [4.69, 9.17) is 4.74 Å². The highest BCUT2D eigenvalue weighted by molar-refractivity contribution is 7.08. The van der Waals surface area contributed by atoms with E-state index in [-0.39, 0.29) is 5.78 Å². The standard InChI is InChI=1S/C26H23NO2S/c1-3-23-15-24(25(18(2)27-23)26(28)21-7-5-4-6-8-21)29-16-19-9-11-20(12-10-19)22-13-14-30-17-22/h4-15,17H,3,16H2,1-2H3.